The van der Waals surface area contributed by atoms with Crippen LogP contribution >= 0.6 is 0 Å². The van der Waals surface area contributed by atoms with Crippen LogP contribution in [-0.4, -0.2) is 61.4 Å². The van der Waals surface area contributed by atoms with Crippen LogP contribution in [0.15, 0.2) is 0 Å². The Hall–Kier alpha value is -0.650. The lowest BCUT2D eigenvalue weighted by atomic mass is 9.63. The van der Waals surface area contributed by atoms with Gasteiger partial charge in [0.2, 0.25) is 5.91 Å². The highest BCUT2D eigenvalue weighted by Gasteiger charge is 2.41. The van der Waals surface area contributed by atoms with Gasteiger partial charge in [0.15, 0.2) is 0 Å². The smallest absolute Gasteiger partial charge is 0.248 e. The quantitative estimate of drug-likeness (QED) is 0.606. The standard InChI is InChI=1S/C26H46N2O3/c1-27-16-24(22-12-11-19-7-5-6-10-21(19)15-22)26(20-8-3-2-4-9-20)31-18-25(30)28-14-13-23(29)17-28/h19-24,26-27,29H,2-18H2,1H3/t19?,21?,22?,23-,24+,26+/m0/s1. The van der Waals surface area contributed by atoms with Gasteiger partial charge in [-0.05, 0) is 69.2 Å². The van der Waals surface area contributed by atoms with Gasteiger partial charge < -0.3 is 20.1 Å². The first kappa shape index (κ1) is 23.5. The number of hydrogen-bond donors (Lipinski definition) is 2. The molecule has 6 atom stereocenters. The number of carbonyl (C=O) groups excluding carboxylic acids is 1. The molecule has 4 fully saturated rings. The summed E-state index contributed by atoms with van der Waals surface area (Å²) in [4.78, 5) is 14.6. The molecule has 3 unspecified atom stereocenters. The fourth-order valence-corrected chi connectivity index (χ4v) is 7.38. The van der Waals surface area contributed by atoms with Crippen LogP contribution in [0.2, 0.25) is 0 Å². The maximum absolute atomic E-state index is 12.8. The second kappa shape index (κ2) is 11.5. The maximum atomic E-state index is 12.8. The van der Waals surface area contributed by atoms with E-state index in [2.05, 4.69) is 12.4 Å². The average Bonchev–Trinajstić information content (AvgIpc) is 3.25. The molecule has 1 aliphatic heterocycles. The summed E-state index contributed by atoms with van der Waals surface area (Å²) in [6.45, 7) is 2.33. The highest BCUT2D eigenvalue weighted by atomic mass is 16.5. The van der Waals surface area contributed by atoms with Crippen molar-refractivity contribution in [1.29, 1.82) is 0 Å². The van der Waals surface area contributed by atoms with Crippen molar-refractivity contribution in [3.8, 4) is 0 Å². The molecule has 2 N–H and O–H groups in total. The van der Waals surface area contributed by atoms with Gasteiger partial charge in [-0.1, -0.05) is 44.9 Å². The third kappa shape index (κ3) is 6.03. The van der Waals surface area contributed by atoms with Gasteiger partial charge in [-0.3, -0.25) is 4.79 Å². The summed E-state index contributed by atoms with van der Waals surface area (Å²) in [5.41, 5.74) is 0. The molecule has 1 heterocycles. The molecule has 0 aromatic heterocycles. The SMILES string of the molecule is CNC[C@H](C1CCC2CCCCC2C1)[C@H](OCC(=O)N1CC[C@H](O)C1)C1CCCCC1. The predicted octanol–water partition coefficient (Wildman–Crippen LogP) is 3.99. The predicted molar refractivity (Wildman–Crippen MR) is 124 cm³/mol. The fourth-order valence-electron chi connectivity index (χ4n) is 7.38. The van der Waals surface area contributed by atoms with Crippen LogP contribution in [0, 0.1) is 29.6 Å². The van der Waals surface area contributed by atoms with E-state index >= 15 is 0 Å². The normalized spacial score (nSPS) is 34.3. The van der Waals surface area contributed by atoms with E-state index in [1.54, 1.807) is 4.90 Å². The molecule has 178 valence electrons. The van der Waals surface area contributed by atoms with Crippen LogP contribution in [0.4, 0.5) is 0 Å². The minimum atomic E-state index is -0.360. The molecule has 4 rings (SSSR count). The van der Waals surface area contributed by atoms with Gasteiger partial charge in [-0.25, -0.2) is 0 Å². The lowest BCUT2D eigenvalue weighted by molar-refractivity contribution is -0.142. The average molecular weight is 435 g/mol. The van der Waals surface area contributed by atoms with E-state index in [1.807, 2.05) is 0 Å². The van der Waals surface area contributed by atoms with Crippen molar-refractivity contribution < 1.29 is 14.6 Å². The van der Waals surface area contributed by atoms with Crippen molar-refractivity contribution in [3.63, 3.8) is 0 Å². The van der Waals surface area contributed by atoms with E-state index in [4.69, 9.17) is 4.74 Å². The number of nitrogens with zero attached hydrogens (tertiary/aromatic N) is 1. The Kier molecular flexibility index (Phi) is 8.70. The monoisotopic (exact) mass is 434 g/mol. The van der Waals surface area contributed by atoms with Crippen molar-refractivity contribution in [2.75, 3.05) is 33.3 Å². The zero-order valence-electron chi connectivity index (χ0n) is 19.8. The number of likely N-dealkylation sites (tertiary alicyclic amines) is 1. The molecular weight excluding hydrogens is 388 g/mol. The number of amides is 1. The molecule has 3 saturated carbocycles. The molecule has 31 heavy (non-hydrogen) atoms. The van der Waals surface area contributed by atoms with Crippen molar-refractivity contribution >= 4 is 5.91 Å². The summed E-state index contributed by atoms with van der Waals surface area (Å²) in [6, 6.07) is 0. The summed E-state index contributed by atoms with van der Waals surface area (Å²) < 4.78 is 6.58. The molecule has 5 nitrogen and oxygen atoms in total. The summed E-state index contributed by atoms with van der Waals surface area (Å²) in [5.74, 6) is 3.78. The van der Waals surface area contributed by atoms with E-state index in [-0.39, 0.29) is 24.7 Å². The highest BCUT2D eigenvalue weighted by Crippen LogP contribution is 2.47. The molecule has 0 bridgehead atoms. The molecule has 3 aliphatic carbocycles. The first-order valence-corrected chi connectivity index (χ1v) is 13.4. The Morgan fingerprint density at radius 2 is 1.71 bits per heavy atom. The van der Waals surface area contributed by atoms with Gasteiger partial charge >= 0.3 is 0 Å². The topological polar surface area (TPSA) is 61.8 Å². The molecule has 1 amide bonds. The van der Waals surface area contributed by atoms with Crippen LogP contribution in [0.5, 0.6) is 0 Å². The van der Waals surface area contributed by atoms with Crippen LogP contribution in [-0.2, 0) is 9.53 Å². The largest absolute Gasteiger partial charge is 0.391 e. The Labute approximate surface area is 189 Å². The number of nitrogens with one attached hydrogen (secondary N) is 1. The minimum absolute atomic E-state index is 0.0663. The molecule has 0 aromatic rings. The zero-order chi connectivity index (χ0) is 21.6. The molecule has 0 spiro atoms. The van der Waals surface area contributed by atoms with Crippen molar-refractivity contribution in [1.82, 2.24) is 10.2 Å². The lowest BCUT2D eigenvalue weighted by Gasteiger charge is -2.45. The fraction of sp³-hybridized carbons (Fsp3) is 0.962. The number of ether oxygens (including phenoxy) is 1. The Balaban J connectivity index is 1.43. The van der Waals surface area contributed by atoms with Gasteiger partial charge in [0, 0.05) is 25.6 Å². The van der Waals surface area contributed by atoms with Crippen LogP contribution < -0.4 is 5.32 Å². The highest BCUT2D eigenvalue weighted by molar-refractivity contribution is 5.77. The third-order valence-electron chi connectivity index (χ3n) is 9.08. The molecular formula is C26H46N2O3. The molecule has 5 heteroatoms. The minimum Gasteiger partial charge on any atom is -0.391 e. The molecule has 1 saturated heterocycles. The number of aliphatic hydroxyl groups excluding tert-OH is 1. The van der Waals surface area contributed by atoms with E-state index in [1.165, 1.54) is 77.0 Å². The van der Waals surface area contributed by atoms with Gasteiger partial charge in [0.1, 0.15) is 6.61 Å². The second-order valence-corrected chi connectivity index (χ2v) is 11.1. The molecule has 0 aromatic carbocycles. The van der Waals surface area contributed by atoms with Gasteiger partial charge in [-0.15, -0.1) is 0 Å². The van der Waals surface area contributed by atoms with Crippen molar-refractivity contribution in [2.45, 2.75) is 95.7 Å². The molecule has 4 aliphatic rings. The number of rotatable bonds is 8. The van der Waals surface area contributed by atoms with Crippen molar-refractivity contribution in [3.05, 3.63) is 0 Å². The van der Waals surface area contributed by atoms with Gasteiger partial charge in [-0.2, -0.15) is 0 Å². The van der Waals surface area contributed by atoms with Crippen LogP contribution in [0.3, 0.4) is 0 Å². The lowest BCUT2D eigenvalue weighted by Crippen LogP contribution is -2.46. The summed E-state index contributed by atoms with van der Waals surface area (Å²) in [6.07, 6.45) is 16.8. The van der Waals surface area contributed by atoms with Crippen molar-refractivity contribution in [2.24, 2.45) is 29.6 Å². The summed E-state index contributed by atoms with van der Waals surface area (Å²) in [7, 11) is 2.08. The van der Waals surface area contributed by atoms with Gasteiger partial charge in [0.05, 0.1) is 12.2 Å². The Morgan fingerprint density at radius 1 is 0.968 bits per heavy atom. The Bertz CT molecular complexity index is 565. The first-order chi connectivity index (χ1) is 15.2. The van der Waals surface area contributed by atoms with Gasteiger partial charge in [0.25, 0.3) is 0 Å². The van der Waals surface area contributed by atoms with E-state index in [0.717, 1.165) is 24.3 Å². The summed E-state index contributed by atoms with van der Waals surface area (Å²) in [5, 5.41) is 13.3. The second-order valence-electron chi connectivity index (χ2n) is 11.1. The molecule has 0 radical (unpaired) electrons. The first-order valence-electron chi connectivity index (χ1n) is 13.4. The maximum Gasteiger partial charge on any atom is 0.248 e. The number of β-amino-alcohol motifs (C(OH)–C–C–N with tert-alkyl or cyclic N) is 1. The number of aliphatic hydroxyl groups is 1. The van der Waals surface area contributed by atoms with E-state index in [9.17, 15) is 9.90 Å². The van der Waals surface area contributed by atoms with E-state index < -0.39 is 0 Å². The number of fused-ring (bicyclic) bond motifs is 1. The Morgan fingerprint density at radius 3 is 2.42 bits per heavy atom. The van der Waals surface area contributed by atoms with Crippen LogP contribution in [0.1, 0.15) is 83.5 Å². The number of carbonyl (C=O) groups is 1. The van der Waals surface area contributed by atoms with Crippen LogP contribution in [0.25, 0.3) is 0 Å². The summed E-state index contributed by atoms with van der Waals surface area (Å²) >= 11 is 0. The third-order valence-corrected chi connectivity index (χ3v) is 9.08. The zero-order valence-corrected chi connectivity index (χ0v) is 19.8. The number of hydrogen-bond acceptors (Lipinski definition) is 4. The van der Waals surface area contributed by atoms with E-state index in [0.29, 0.717) is 31.3 Å².